The second-order valence-corrected chi connectivity index (χ2v) is 5.89. The Balaban J connectivity index is 1.86. The zero-order valence-corrected chi connectivity index (χ0v) is 12.7. The van der Waals surface area contributed by atoms with Gasteiger partial charge >= 0.3 is 0 Å². The van der Waals surface area contributed by atoms with Crippen molar-refractivity contribution < 1.29 is 14.3 Å². The maximum Gasteiger partial charge on any atom is 0.258 e. The van der Waals surface area contributed by atoms with Gasteiger partial charge in [-0.3, -0.25) is 9.59 Å². The smallest absolute Gasteiger partial charge is 0.258 e. The molecule has 1 aliphatic carbocycles. The summed E-state index contributed by atoms with van der Waals surface area (Å²) in [6, 6.07) is 7.14. The zero-order chi connectivity index (χ0) is 15.2. The third-order valence-corrected chi connectivity index (χ3v) is 4.46. The van der Waals surface area contributed by atoms with Gasteiger partial charge in [-0.05, 0) is 30.4 Å². The summed E-state index contributed by atoms with van der Waals surface area (Å²) in [4.78, 5) is 22.9. The molecule has 1 amide bonds. The maximum atomic E-state index is 12.0. The van der Waals surface area contributed by atoms with Gasteiger partial charge in [-0.15, -0.1) is 0 Å². The Morgan fingerprint density at radius 3 is 2.86 bits per heavy atom. The number of benzene rings is 1. The van der Waals surface area contributed by atoms with Crippen molar-refractivity contribution >= 4 is 12.2 Å². The van der Waals surface area contributed by atoms with Crippen LogP contribution in [0.5, 0.6) is 5.75 Å². The van der Waals surface area contributed by atoms with Crippen molar-refractivity contribution in [3.63, 3.8) is 0 Å². The number of para-hydroxylation sites is 1. The highest BCUT2D eigenvalue weighted by Gasteiger charge is 2.28. The molecule has 1 fully saturated rings. The summed E-state index contributed by atoms with van der Waals surface area (Å²) in [5, 5.41) is 3.05. The van der Waals surface area contributed by atoms with Crippen molar-refractivity contribution in [1.82, 2.24) is 5.32 Å². The number of ether oxygens (including phenoxy) is 1. The highest BCUT2D eigenvalue weighted by molar-refractivity contribution is 5.80. The van der Waals surface area contributed by atoms with Crippen molar-refractivity contribution in [2.75, 3.05) is 6.61 Å². The van der Waals surface area contributed by atoms with Crippen LogP contribution in [0.15, 0.2) is 24.3 Å². The lowest BCUT2D eigenvalue weighted by atomic mass is 9.78. The summed E-state index contributed by atoms with van der Waals surface area (Å²) in [5.41, 5.74) is 0.463. The van der Waals surface area contributed by atoms with Crippen LogP contribution in [-0.4, -0.2) is 24.8 Å². The Morgan fingerprint density at radius 1 is 1.33 bits per heavy atom. The summed E-state index contributed by atoms with van der Waals surface area (Å²) in [5.74, 6) is 1.46. The van der Waals surface area contributed by atoms with E-state index in [2.05, 4.69) is 19.2 Å². The highest BCUT2D eigenvalue weighted by atomic mass is 16.5. The Bertz CT molecular complexity index is 501. The summed E-state index contributed by atoms with van der Waals surface area (Å²) in [6.45, 7) is 4.37. The summed E-state index contributed by atoms with van der Waals surface area (Å²) >= 11 is 0. The third kappa shape index (κ3) is 4.06. The van der Waals surface area contributed by atoms with Crippen LogP contribution in [0, 0.1) is 11.8 Å². The van der Waals surface area contributed by atoms with Crippen LogP contribution in [-0.2, 0) is 4.79 Å². The van der Waals surface area contributed by atoms with E-state index in [1.165, 1.54) is 6.42 Å². The number of hydrogen-bond acceptors (Lipinski definition) is 3. The fraction of sp³-hybridized carbons (Fsp3) is 0.529. The van der Waals surface area contributed by atoms with Crippen LogP contribution in [0.2, 0.25) is 0 Å². The van der Waals surface area contributed by atoms with E-state index in [1.54, 1.807) is 24.3 Å². The molecular formula is C17H23NO3. The SMILES string of the molecule is C[C@H]1[C@@H](NC(=O)COc2ccccc2C=O)CCC[C@@H]1C. The molecule has 1 aromatic carbocycles. The summed E-state index contributed by atoms with van der Waals surface area (Å²) in [6.07, 6.45) is 4.16. The van der Waals surface area contributed by atoms with Crippen LogP contribution in [0.1, 0.15) is 43.5 Å². The molecule has 3 atom stereocenters. The fourth-order valence-corrected chi connectivity index (χ4v) is 2.89. The molecule has 0 radical (unpaired) electrons. The number of hydrogen-bond donors (Lipinski definition) is 1. The van der Waals surface area contributed by atoms with Gasteiger partial charge in [0, 0.05) is 6.04 Å². The minimum atomic E-state index is -0.123. The normalized spacial score (nSPS) is 25.1. The zero-order valence-electron chi connectivity index (χ0n) is 12.7. The van der Waals surface area contributed by atoms with Gasteiger partial charge in [0.2, 0.25) is 0 Å². The minimum absolute atomic E-state index is 0.0531. The van der Waals surface area contributed by atoms with Gasteiger partial charge in [0.1, 0.15) is 5.75 Å². The molecule has 0 aliphatic heterocycles. The van der Waals surface area contributed by atoms with E-state index >= 15 is 0 Å². The molecule has 0 aromatic heterocycles. The van der Waals surface area contributed by atoms with E-state index in [1.807, 2.05) is 0 Å². The molecule has 1 aromatic rings. The van der Waals surface area contributed by atoms with Crippen molar-refractivity contribution in [2.45, 2.75) is 39.2 Å². The van der Waals surface area contributed by atoms with Gasteiger partial charge in [0.15, 0.2) is 12.9 Å². The maximum absolute atomic E-state index is 12.0. The topological polar surface area (TPSA) is 55.4 Å². The average molecular weight is 289 g/mol. The van der Waals surface area contributed by atoms with Crippen molar-refractivity contribution in [1.29, 1.82) is 0 Å². The quantitative estimate of drug-likeness (QED) is 0.848. The van der Waals surface area contributed by atoms with Crippen molar-refractivity contribution in [3.8, 4) is 5.75 Å². The van der Waals surface area contributed by atoms with E-state index in [0.717, 1.165) is 19.1 Å². The molecule has 4 nitrogen and oxygen atoms in total. The first-order valence-electron chi connectivity index (χ1n) is 7.58. The van der Waals surface area contributed by atoms with Gasteiger partial charge in [0.25, 0.3) is 5.91 Å². The van der Waals surface area contributed by atoms with E-state index < -0.39 is 0 Å². The summed E-state index contributed by atoms with van der Waals surface area (Å²) < 4.78 is 5.45. The van der Waals surface area contributed by atoms with E-state index in [9.17, 15) is 9.59 Å². The summed E-state index contributed by atoms with van der Waals surface area (Å²) in [7, 11) is 0. The highest BCUT2D eigenvalue weighted by Crippen LogP contribution is 2.29. The predicted octanol–water partition coefficient (Wildman–Crippen LogP) is 2.82. The largest absolute Gasteiger partial charge is 0.483 e. The lowest BCUT2D eigenvalue weighted by Crippen LogP contribution is -2.45. The molecule has 21 heavy (non-hydrogen) atoms. The first-order chi connectivity index (χ1) is 10.1. The standard InChI is InChI=1S/C17H23NO3/c1-12-6-5-8-15(13(12)2)18-17(20)11-21-16-9-4-3-7-14(16)10-19/h3-4,7,9-10,12-13,15H,5-6,8,11H2,1-2H3,(H,18,20)/t12-,13+,15-/m0/s1. The molecule has 114 valence electrons. The van der Waals surface area contributed by atoms with Gasteiger partial charge in [-0.2, -0.15) is 0 Å². The van der Waals surface area contributed by atoms with Gasteiger partial charge in [-0.25, -0.2) is 0 Å². The van der Waals surface area contributed by atoms with Crippen LogP contribution < -0.4 is 10.1 Å². The van der Waals surface area contributed by atoms with E-state index in [4.69, 9.17) is 4.74 Å². The number of amides is 1. The first kappa shape index (κ1) is 15.5. The van der Waals surface area contributed by atoms with Crippen LogP contribution in [0.3, 0.4) is 0 Å². The molecule has 0 saturated heterocycles. The monoisotopic (exact) mass is 289 g/mol. The Hall–Kier alpha value is -1.84. The number of nitrogens with one attached hydrogen (secondary N) is 1. The molecule has 2 rings (SSSR count). The molecule has 1 saturated carbocycles. The molecule has 0 bridgehead atoms. The Labute approximate surface area is 125 Å². The first-order valence-corrected chi connectivity index (χ1v) is 7.58. The predicted molar refractivity (Wildman–Crippen MR) is 81.4 cm³/mol. The number of carbonyl (C=O) groups is 2. The number of rotatable bonds is 5. The molecule has 0 unspecified atom stereocenters. The minimum Gasteiger partial charge on any atom is -0.483 e. The fourth-order valence-electron chi connectivity index (χ4n) is 2.89. The molecule has 1 aliphatic rings. The lowest BCUT2D eigenvalue weighted by molar-refractivity contribution is -0.124. The van der Waals surface area contributed by atoms with E-state index in [-0.39, 0.29) is 18.6 Å². The average Bonchev–Trinajstić information content (AvgIpc) is 2.50. The van der Waals surface area contributed by atoms with Crippen LogP contribution >= 0.6 is 0 Å². The second-order valence-electron chi connectivity index (χ2n) is 5.89. The van der Waals surface area contributed by atoms with Crippen molar-refractivity contribution in [2.24, 2.45) is 11.8 Å². The Kier molecular flexibility index (Phi) is 5.37. The second kappa shape index (κ2) is 7.25. The number of carbonyl (C=O) groups excluding carboxylic acids is 2. The van der Waals surface area contributed by atoms with E-state index in [0.29, 0.717) is 23.1 Å². The third-order valence-electron chi connectivity index (χ3n) is 4.46. The molecule has 0 spiro atoms. The molecule has 4 heteroatoms. The van der Waals surface area contributed by atoms with Crippen LogP contribution in [0.25, 0.3) is 0 Å². The van der Waals surface area contributed by atoms with Gasteiger partial charge in [0.05, 0.1) is 5.56 Å². The van der Waals surface area contributed by atoms with Gasteiger partial charge in [-0.1, -0.05) is 38.8 Å². The Morgan fingerprint density at radius 2 is 2.10 bits per heavy atom. The molecular weight excluding hydrogens is 266 g/mol. The molecule has 1 N–H and O–H groups in total. The van der Waals surface area contributed by atoms with Gasteiger partial charge < -0.3 is 10.1 Å². The molecule has 0 heterocycles. The lowest BCUT2D eigenvalue weighted by Gasteiger charge is -2.34. The van der Waals surface area contributed by atoms with Crippen LogP contribution in [0.4, 0.5) is 0 Å². The number of aldehydes is 1. The van der Waals surface area contributed by atoms with Crippen molar-refractivity contribution in [3.05, 3.63) is 29.8 Å².